The molecule has 4 rings (SSSR count). The molecule has 0 radical (unpaired) electrons. The lowest BCUT2D eigenvalue weighted by atomic mass is 9.97. The van der Waals surface area contributed by atoms with Gasteiger partial charge in [0.2, 0.25) is 5.91 Å². The number of nitrogens with zero attached hydrogens (tertiary/aromatic N) is 5. The number of amides is 1. The van der Waals surface area contributed by atoms with E-state index in [2.05, 4.69) is 26.6 Å². The van der Waals surface area contributed by atoms with Crippen LogP contribution in [0.5, 0.6) is 0 Å². The second-order valence-electron chi connectivity index (χ2n) is 9.18. The minimum atomic E-state index is -0.483. The van der Waals surface area contributed by atoms with E-state index in [1.807, 2.05) is 6.07 Å². The monoisotopic (exact) mass is 520 g/mol. The van der Waals surface area contributed by atoms with Gasteiger partial charge in [-0.1, -0.05) is 36.2 Å². The average Bonchev–Trinajstić information content (AvgIpc) is 2.85. The van der Waals surface area contributed by atoms with Crippen molar-refractivity contribution in [3.8, 4) is 0 Å². The summed E-state index contributed by atoms with van der Waals surface area (Å²) in [6.07, 6.45) is 4.36. The van der Waals surface area contributed by atoms with Crippen molar-refractivity contribution in [3.05, 3.63) is 61.7 Å². The van der Waals surface area contributed by atoms with Gasteiger partial charge in [0.1, 0.15) is 12.0 Å². The Hall–Kier alpha value is -2.46. The van der Waals surface area contributed by atoms with Crippen molar-refractivity contribution in [2.24, 2.45) is 5.73 Å². The largest absolute Gasteiger partial charge is 0.366 e. The third-order valence-corrected chi connectivity index (χ3v) is 7.59. The van der Waals surface area contributed by atoms with Crippen molar-refractivity contribution in [2.75, 3.05) is 37.6 Å². The fourth-order valence-corrected chi connectivity index (χ4v) is 5.68. The molecule has 1 atom stereocenters. The van der Waals surface area contributed by atoms with Crippen molar-refractivity contribution in [1.29, 1.82) is 0 Å². The maximum Gasteiger partial charge on any atom is 0.289 e. The molecule has 0 aliphatic carbocycles. The Morgan fingerprint density at radius 2 is 1.94 bits per heavy atom. The summed E-state index contributed by atoms with van der Waals surface area (Å²) in [7, 11) is 0. The summed E-state index contributed by atoms with van der Waals surface area (Å²) in [6.45, 7) is 7.20. The van der Waals surface area contributed by atoms with Gasteiger partial charge in [-0.2, -0.15) is 0 Å². The number of carbonyl (C=O) groups excluding carboxylic acids is 1. The Morgan fingerprint density at radius 3 is 2.57 bits per heavy atom. The number of piperidine rings is 1. The Morgan fingerprint density at radius 1 is 1.20 bits per heavy atom. The maximum absolute atomic E-state index is 11.8. The lowest BCUT2D eigenvalue weighted by Gasteiger charge is -2.47. The molecule has 2 saturated heterocycles. The number of benzene rings is 1. The zero-order valence-electron chi connectivity index (χ0n) is 19.7. The van der Waals surface area contributed by atoms with E-state index in [0.29, 0.717) is 40.1 Å². The molecule has 2 aliphatic rings. The van der Waals surface area contributed by atoms with Gasteiger partial charge in [0.15, 0.2) is 0 Å². The molecule has 1 unspecified atom stereocenters. The number of halogens is 2. The van der Waals surface area contributed by atoms with Gasteiger partial charge in [0, 0.05) is 54.9 Å². The highest BCUT2D eigenvalue weighted by atomic mass is 35.5. The van der Waals surface area contributed by atoms with Crippen molar-refractivity contribution < 1.29 is 9.72 Å². The molecule has 1 amide bonds. The van der Waals surface area contributed by atoms with Crippen molar-refractivity contribution in [3.63, 3.8) is 0 Å². The smallest absolute Gasteiger partial charge is 0.289 e. The van der Waals surface area contributed by atoms with Crippen LogP contribution in [0.1, 0.15) is 42.1 Å². The number of primary amides is 1. The molecule has 188 valence electrons. The normalized spacial score (nSPS) is 20.2. The number of aromatic nitrogens is 1. The fraction of sp³-hybridized carbons (Fsp3) is 0.500. The summed E-state index contributed by atoms with van der Waals surface area (Å²) >= 11 is 12.4. The molecule has 2 aromatic rings. The summed E-state index contributed by atoms with van der Waals surface area (Å²) in [5.41, 5.74) is 6.85. The van der Waals surface area contributed by atoms with Gasteiger partial charge < -0.3 is 10.6 Å². The van der Waals surface area contributed by atoms with E-state index in [-0.39, 0.29) is 5.69 Å². The molecule has 2 N–H and O–H groups in total. The van der Waals surface area contributed by atoms with E-state index in [9.17, 15) is 14.9 Å². The fourth-order valence-electron chi connectivity index (χ4n) is 5.23. The van der Waals surface area contributed by atoms with E-state index in [4.69, 9.17) is 28.9 Å². The Bertz CT molecular complexity index is 1090. The number of carbonyl (C=O) groups is 1. The van der Waals surface area contributed by atoms with Crippen LogP contribution in [0.2, 0.25) is 10.0 Å². The highest BCUT2D eigenvalue weighted by molar-refractivity contribution is 6.33. The van der Waals surface area contributed by atoms with Crippen LogP contribution in [-0.4, -0.2) is 70.4 Å². The SMILES string of the molecule is CCC1CN(c2ncc([N+](=O)[O-])cc2Cl)CCN1C1CCN(Cc2ccc(Cl)cc2C(N)=O)CC1. The van der Waals surface area contributed by atoms with E-state index in [0.717, 1.165) is 57.5 Å². The van der Waals surface area contributed by atoms with Crippen LogP contribution < -0.4 is 10.6 Å². The number of hydrogen-bond acceptors (Lipinski definition) is 7. The number of likely N-dealkylation sites (tertiary alicyclic amines) is 1. The van der Waals surface area contributed by atoms with Crippen LogP contribution in [0.15, 0.2) is 30.5 Å². The minimum absolute atomic E-state index is 0.0993. The lowest BCUT2D eigenvalue weighted by Crippen LogP contribution is -2.58. The van der Waals surface area contributed by atoms with Gasteiger partial charge in [-0.05, 0) is 50.0 Å². The summed E-state index contributed by atoms with van der Waals surface area (Å²) < 4.78 is 0. The molecule has 0 saturated carbocycles. The van der Waals surface area contributed by atoms with Gasteiger partial charge in [0.05, 0.1) is 9.95 Å². The number of anilines is 1. The minimum Gasteiger partial charge on any atom is -0.366 e. The van der Waals surface area contributed by atoms with Gasteiger partial charge in [0.25, 0.3) is 5.69 Å². The Kier molecular flexibility index (Phi) is 8.11. The average molecular weight is 521 g/mol. The molecule has 2 aliphatic heterocycles. The topological polar surface area (TPSA) is 109 Å². The van der Waals surface area contributed by atoms with Gasteiger partial charge in [-0.25, -0.2) is 4.98 Å². The molecule has 2 fully saturated rings. The third kappa shape index (κ3) is 5.86. The predicted molar refractivity (Wildman–Crippen MR) is 137 cm³/mol. The number of piperazine rings is 1. The van der Waals surface area contributed by atoms with Gasteiger partial charge >= 0.3 is 0 Å². The summed E-state index contributed by atoms with van der Waals surface area (Å²) in [4.78, 5) is 33.7. The summed E-state index contributed by atoms with van der Waals surface area (Å²) in [5.74, 6) is 0.155. The van der Waals surface area contributed by atoms with Crippen LogP contribution in [0.25, 0.3) is 0 Å². The van der Waals surface area contributed by atoms with Gasteiger partial charge in [-0.3, -0.25) is 24.7 Å². The van der Waals surface area contributed by atoms with Crippen LogP contribution in [0.3, 0.4) is 0 Å². The molecule has 0 bridgehead atoms. The van der Waals surface area contributed by atoms with Gasteiger partial charge in [-0.15, -0.1) is 0 Å². The molecule has 0 spiro atoms. The predicted octanol–water partition coefficient (Wildman–Crippen LogP) is 3.96. The highest BCUT2D eigenvalue weighted by Crippen LogP contribution is 2.31. The second kappa shape index (κ2) is 11.1. The highest BCUT2D eigenvalue weighted by Gasteiger charge is 2.34. The second-order valence-corrected chi connectivity index (χ2v) is 10.0. The van der Waals surface area contributed by atoms with Crippen LogP contribution >= 0.6 is 23.2 Å². The summed E-state index contributed by atoms with van der Waals surface area (Å²) in [5, 5.41) is 11.8. The first-order chi connectivity index (χ1) is 16.8. The Balaban J connectivity index is 1.36. The number of pyridine rings is 1. The number of hydrogen-bond donors (Lipinski definition) is 1. The van der Waals surface area contributed by atoms with Crippen LogP contribution in [-0.2, 0) is 6.54 Å². The van der Waals surface area contributed by atoms with E-state index in [1.54, 1.807) is 12.1 Å². The molecule has 1 aromatic heterocycles. The van der Waals surface area contributed by atoms with E-state index >= 15 is 0 Å². The molecule has 9 nitrogen and oxygen atoms in total. The Labute approximate surface area is 214 Å². The lowest BCUT2D eigenvalue weighted by molar-refractivity contribution is -0.385. The first-order valence-electron chi connectivity index (χ1n) is 11.9. The first kappa shape index (κ1) is 25.6. The zero-order valence-corrected chi connectivity index (χ0v) is 21.2. The van der Waals surface area contributed by atoms with Crippen molar-refractivity contribution in [2.45, 2.75) is 44.8 Å². The molecule has 1 aromatic carbocycles. The number of rotatable bonds is 7. The first-order valence-corrected chi connectivity index (χ1v) is 12.6. The van der Waals surface area contributed by atoms with Crippen molar-refractivity contribution >= 4 is 40.6 Å². The molecular weight excluding hydrogens is 491 g/mol. The molecule has 11 heteroatoms. The molecule has 3 heterocycles. The molecular formula is C24H30Cl2N6O3. The van der Waals surface area contributed by atoms with Crippen molar-refractivity contribution in [1.82, 2.24) is 14.8 Å². The number of nitro groups is 1. The zero-order chi connectivity index (χ0) is 25.1. The standard InChI is InChI=1S/C24H30Cl2N6O3/c1-2-18-15-30(24-22(26)12-20(13-28-24)32(34)35)9-10-31(18)19-5-7-29(8-6-19)14-16-3-4-17(25)11-21(16)23(27)33/h3-4,11-13,18-19H,2,5-10,14-15H2,1H3,(H2,27,33). The third-order valence-electron chi connectivity index (χ3n) is 7.07. The van der Waals surface area contributed by atoms with Crippen LogP contribution in [0, 0.1) is 10.1 Å². The summed E-state index contributed by atoms with van der Waals surface area (Å²) in [6, 6.07) is 7.54. The van der Waals surface area contributed by atoms with E-state index < -0.39 is 10.8 Å². The van der Waals surface area contributed by atoms with E-state index in [1.165, 1.54) is 12.3 Å². The maximum atomic E-state index is 11.8. The molecule has 35 heavy (non-hydrogen) atoms. The quantitative estimate of drug-likeness (QED) is 0.434. The number of nitrogens with two attached hydrogens (primary N) is 1. The van der Waals surface area contributed by atoms with Crippen LogP contribution in [0.4, 0.5) is 11.5 Å².